The van der Waals surface area contributed by atoms with E-state index in [2.05, 4.69) is 70.3 Å². The summed E-state index contributed by atoms with van der Waals surface area (Å²) >= 11 is 0. The van der Waals surface area contributed by atoms with Crippen LogP contribution in [0.15, 0.2) is 42.5 Å². The predicted molar refractivity (Wildman–Crippen MR) is 137 cm³/mol. The Balaban J connectivity index is 1.27. The number of hydrogen-bond donors (Lipinski definition) is 2. The maximum Gasteiger partial charge on any atom is 0.481 e. The standard InChI is InChI=1S/C28H39BN2O3/c1-17(2)12-25(29-33-24-16-21-15-23(27(21,3)4)28(24,5)34-29)31-26(32)22(30)14-18-10-11-19-8-6-7-9-20(19)13-18/h6-11,13,17,21-25H,12,14-16,30H2,1-5H3,(H,31,32)/t21-,22-,23-,24+,25-,28-/m0/s1. The normalized spacial score (nSPS) is 31.1. The highest BCUT2D eigenvalue weighted by molar-refractivity contribution is 6.47. The Morgan fingerprint density at radius 2 is 1.88 bits per heavy atom. The molecule has 2 aromatic carbocycles. The first-order valence-electron chi connectivity index (χ1n) is 12.9. The summed E-state index contributed by atoms with van der Waals surface area (Å²) in [5.74, 6) is 1.24. The number of carbonyl (C=O) groups excluding carboxylic acids is 1. The van der Waals surface area contributed by atoms with Crippen molar-refractivity contribution in [1.82, 2.24) is 5.32 Å². The summed E-state index contributed by atoms with van der Waals surface area (Å²) in [6.07, 6.45) is 3.65. The van der Waals surface area contributed by atoms with Gasteiger partial charge in [-0.05, 0) is 72.1 Å². The Kier molecular flexibility index (Phi) is 6.06. The average molecular weight is 462 g/mol. The summed E-state index contributed by atoms with van der Waals surface area (Å²) < 4.78 is 13.2. The molecular formula is C28H39BN2O3. The van der Waals surface area contributed by atoms with Crippen LogP contribution < -0.4 is 11.1 Å². The van der Waals surface area contributed by atoms with E-state index in [0.29, 0.717) is 29.6 Å². The summed E-state index contributed by atoms with van der Waals surface area (Å²) in [6, 6.07) is 13.9. The average Bonchev–Trinajstić information content (AvgIpc) is 3.15. The zero-order valence-electron chi connectivity index (χ0n) is 21.2. The van der Waals surface area contributed by atoms with E-state index in [1.165, 1.54) is 11.8 Å². The predicted octanol–water partition coefficient (Wildman–Crippen LogP) is 4.51. The Labute approximate surface area is 204 Å². The quantitative estimate of drug-likeness (QED) is 0.594. The maximum atomic E-state index is 13.2. The lowest BCUT2D eigenvalue weighted by Crippen LogP contribution is -2.65. The molecule has 3 N–H and O–H groups in total. The number of amides is 1. The summed E-state index contributed by atoms with van der Waals surface area (Å²) in [6.45, 7) is 11.3. The van der Waals surface area contributed by atoms with Gasteiger partial charge in [0.05, 0.1) is 23.7 Å². The molecule has 182 valence electrons. The van der Waals surface area contributed by atoms with E-state index in [1.807, 2.05) is 12.1 Å². The first-order valence-corrected chi connectivity index (χ1v) is 12.9. The van der Waals surface area contributed by atoms with Crippen molar-refractivity contribution in [2.45, 2.75) is 84.0 Å². The van der Waals surface area contributed by atoms with E-state index in [0.717, 1.165) is 23.8 Å². The van der Waals surface area contributed by atoms with Crippen LogP contribution in [0, 0.1) is 23.2 Å². The summed E-state index contributed by atoms with van der Waals surface area (Å²) in [5.41, 5.74) is 7.46. The van der Waals surface area contributed by atoms with E-state index < -0.39 is 13.2 Å². The van der Waals surface area contributed by atoms with Crippen molar-refractivity contribution < 1.29 is 14.1 Å². The van der Waals surface area contributed by atoms with Crippen LogP contribution in [0.5, 0.6) is 0 Å². The molecule has 0 aromatic heterocycles. The van der Waals surface area contributed by atoms with Gasteiger partial charge in [0.15, 0.2) is 0 Å². The van der Waals surface area contributed by atoms with Gasteiger partial charge >= 0.3 is 7.12 Å². The monoisotopic (exact) mass is 462 g/mol. The lowest BCUT2D eigenvalue weighted by molar-refractivity contribution is -0.199. The molecule has 1 aliphatic heterocycles. The fourth-order valence-electron chi connectivity index (χ4n) is 6.82. The van der Waals surface area contributed by atoms with Crippen molar-refractivity contribution in [2.75, 3.05) is 0 Å². The fourth-order valence-corrected chi connectivity index (χ4v) is 6.82. The highest BCUT2D eigenvalue weighted by atomic mass is 16.7. The number of fused-ring (bicyclic) bond motifs is 1. The van der Waals surface area contributed by atoms with Gasteiger partial charge in [0.25, 0.3) is 0 Å². The van der Waals surface area contributed by atoms with Gasteiger partial charge in [-0.2, -0.15) is 0 Å². The maximum absolute atomic E-state index is 13.2. The van der Waals surface area contributed by atoms with Crippen LogP contribution in [0.4, 0.5) is 0 Å². The number of carbonyl (C=O) groups is 1. The lowest BCUT2D eigenvalue weighted by atomic mass is 9.43. The first-order chi connectivity index (χ1) is 16.1. The number of rotatable bonds is 7. The van der Waals surface area contributed by atoms with Crippen LogP contribution in [-0.2, 0) is 20.5 Å². The highest BCUT2D eigenvalue weighted by Gasteiger charge is 2.68. The second kappa shape index (κ2) is 8.65. The van der Waals surface area contributed by atoms with Gasteiger partial charge in [0.2, 0.25) is 5.91 Å². The molecule has 6 heteroatoms. The largest absolute Gasteiger partial charge is 0.481 e. The Hall–Kier alpha value is -1.89. The van der Waals surface area contributed by atoms with Gasteiger partial charge < -0.3 is 20.4 Å². The van der Waals surface area contributed by atoms with Crippen LogP contribution in [-0.4, -0.2) is 36.7 Å². The zero-order valence-corrected chi connectivity index (χ0v) is 21.2. The molecule has 3 aliphatic carbocycles. The van der Waals surface area contributed by atoms with Crippen molar-refractivity contribution >= 4 is 23.8 Å². The molecule has 2 aromatic rings. The first kappa shape index (κ1) is 23.8. The van der Waals surface area contributed by atoms with E-state index in [9.17, 15) is 4.79 Å². The van der Waals surface area contributed by atoms with Gasteiger partial charge in [0.1, 0.15) is 0 Å². The molecule has 0 radical (unpaired) electrons. The highest BCUT2D eigenvalue weighted by Crippen LogP contribution is 2.65. The topological polar surface area (TPSA) is 73.6 Å². The molecule has 34 heavy (non-hydrogen) atoms. The smallest absolute Gasteiger partial charge is 0.404 e. The molecule has 2 bridgehead atoms. The molecule has 6 rings (SSSR count). The third kappa shape index (κ3) is 4.08. The lowest BCUT2D eigenvalue weighted by Gasteiger charge is -2.64. The van der Waals surface area contributed by atoms with E-state index >= 15 is 0 Å². The van der Waals surface area contributed by atoms with Crippen molar-refractivity contribution in [3.05, 3.63) is 48.0 Å². The Bertz CT molecular complexity index is 1070. The molecular weight excluding hydrogens is 423 g/mol. The summed E-state index contributed by atoms with van der Waals surface area (Å²) in [7, 11) is -0.427. The third-order valence-corrected chi connectivity index (χ3v) is 8.96. The molecule has 1 amide bonds. The molecule has 1 heterocycles. The van der Waals surface area contributed by atoms with Crippen LogP contribution in [0.2, 0.25) is 0 Å². The van der Waals surface area contributed by atoms with Gasteiger partial charge in [-0.25, -0.2) is 0 Å². The Morgan fingerprint density at radius 3 is 2.59 bits per heavy atom. The molecule has 0 spiro atoms. The second-order valence-corrected chi connectivity index (χ2v) is 12.1. The van der Waals surface area contributed by atoms with Crippen molar-refractivity contribution in [1.29, 1.82) is 0 Å². The summed E-state index contributed by atoms with van der Waals surface area (Å²) in [5, 5.41) is 5.56. The molecule has 4 aliphatic rings. The van der Waals surface area contributed by atoms with Gasteiger partial charge in [-0.3, -0.25) is 4.79 Å². The number of benzene rings is 2. The second-order valence-electron chi connectivity index (χ2n) is 12.1. The van der Waals surface area contributed by atoms with Gasteiger partial charge in [-0.1, -0.05) is 70.2 Å². The minimum Gasteiger partial charge on any atom is -0.404 e. The van der Waals surface area contributed by atoms with Crippen LogP contribution >= 0.6 is 0 Å². The number of nitrogens with one attached hydrogen (secondary N) is 1. The molecule has 5 nitrogen and oxygen atoms in total. The van der Waals surface area contributed by atoms with Crippen LogP contribution in [0.3, 0.4) is 0 Å². The van der Waals surface area contributed by atoms with Crippen molar-refractivity contribution in [3.63, 3.8) is 0 Å². The Morgan fingerprint density at radius 1 is 1.15 bits per heavy atom. The minimum absolute atomic E-state index is 0.104. The van der Waals surface area contributed by atoms with Gasteiger partial charge in [-0.15, -0.1) is 0 Å². The van der Waals surface area contributed by atoms with Crippen molar-refractivity contribution in [3.8, 4) is 0 Å². The molecule has 3 saturated carbocycles. The molecule has 4 fully saturated rings. The van der Waals surface area contributed by atoms with Crippen molar-refractivity contribution in [2.24, 2.45) is 28.9 Å². The minimum atomic E-state index is -0.623. The summed E-state index contributed by atoms with van der Waals surface area (Å²) in [4.78, 5) is 13.2. The molecule has 0 unspecified atom stereocenters. The molecule has 6 atom stereocenters. The zero-order chi connectivity index (χ0) is 24.3. The molecule has 1 saturated heterocycles. The van der Waals surface area contributed by atoms with Gasteiger partial charge in [0, 0.05) is 0 Å². The van der Waals surface area contributed by atoms with Crippen LogP contribution in [0.25, 0.3) is 10.8 Å². The van der Waals surface area contributed by atoms with Crippen LogP contribution in [0.1, 0.15) is 59.4 Å². The van der Waals surface area contributed by atoms with E-state index in [1.54, 1.807) is 0 Å². The third-order valence-electron chi connectivity index (χ3n) is 8.96. The van der Waals surface area contributed by atoms with E-state index in [-0.39, 0.29) is 23.6 Å². The SMILES string of the molecule is CC(C)C[C@H](NC(=O)[C@@H](N)Cc1ccc2ccccc2c1)B1O[C@@H]2C[C@@H]3C[C@@H](C3(C)C)[C@]2(C)O1. The number of nitrogens with two attached hydrogens (primary N) is 1. The number of hydrogen-bond acceptors (Lipinski definition) is 4. The fraction of sp³-hybridized carbons (Fsp3) is 0.607. The van der Waals surface area contributed by atoms with E-state index in [4.69, 9.17) is 15.0 Å².